The van der Waals surface area contributed by atoms with Crippen LogP contribution in [0.2, 0.25) is 0 Å². The van der Waals surface area contributed by atoms with Crippen molar-refractivity contribution in [2.24, 2.45) is 0 Å². The molecule has 2 aromatic rings. The van der Waals surface area contributed by atoms with E-state index < -0.39 is 11.6 Å². The zero-order chi connectivity index (χ0) is 16.2. The van der Waals surface area contributed by atoms with Crippen molar-refractivity contribution in [1.82, 2.24) is 4.98 Å². The van der Waals surface area contributed by atoms with Gasteiger partial charge in [-0.1, -0.05) is 12.5 Å². The zero-order valence-electron chi connectivity index (χ0n) is 12.7. The molecule has 1 aliphatic carbocycles. The first-order chi connectivity index (χ1) is 11.1. The fourth-order valence-electron chi connectivity index (χ4n) is 2.72. The Bertz CT molecular complexity index is 691. The number of rotatable bonds is 4. The fraction of sp³-hybridized carbons (Fsp3) is 0.412. The van der Waals surface area contributed by atoms with E-state index in [2.05, 4.69) is 10.3 Å². The number of fused-ring (bicyclic) bond motifs is 1. The number of aromatic nitrogens is 1. The molecule has 23 heavy (non-hydrogen) atoms. The summed E-state index contributed by atoms with van der Waals surface area (Å²) >= 11 is 1.55. The minimum atomic E-state index is -0.883. The number of anilines is 1. The molecule has 1 N–H and O–H groups in total. The lowest BCUT2D eigenvalue weighted by atomic mass is 10.1. The summed E-state index contributed by atoms with van der Waals surface area (Å²) in [5.41, 5.74) is 1.72. The SMILES string of the molecule is O=C(CCc1ccc(F)c(F)c1)Nc1nc2c(s1)CCCCC2. The number of benzene rings is 1. The van der Waals surface area contributed by atoms with Crippen molar-refractivity contribution < 1.29 is 13.6 Å². The summed E-state index contributed by atoms with van der Waals surface area (Å²) in [5.74, 6) is -1.91. The van der Waals surface area contributed by atoms with Crippen molar-refractivity contribution in [1.29, 1.82) is 0 Å². The Kier molecular flexibility index (Phi) is 5.00. The molecule has 1 amide bonds. The molecular weight excluding hydrogens is 318 g/mol. The van der Waals surface area contributed by atoms with Gasteiger partial charge in [0.25, 0.3) is 0 Å². The van der Waals surface area contributed by atoms with Gasteiger partial charge in [-0.3, -0.25) is 4.79 Å². The van der Waals surface area contributed by atoms with Crippen molar-refractivity contribution in [3.8, 4) is 0 Å². The average Bonchev–Trinajstić information content (AvgIpc) is 2.77. The number of carbonyl (C=O) groups excluding carboxylic acids is 1. The van der Waals surface area contributed by atoms with Crippen molar-refractivity contribution in [3.05, 3.63) is 46.0 Å². The zero-order valence-corrected chi connectivity index (χ0v) is 13.5. The van der Waals surface area contributed by atoms with Crippen LogP contribution in [0.25, 0.3) is 0 Å². The molecule has 122 valence electrons. The Morgan fingerprint density at radius 2 is 2.00 bits per heavy atom. The van der Waals surface area contributed by atoms with E-state index in [9.17, 15) is 13.6 Å². The van der Waals surface area contributed by atoms with E-state index in [0.29, 0.717) is 17.1 Å². The van der Waals surface area contributed by atoms with Crippen LogP contribution in [0.5, 0.6) is 0 Å². The molecule has 0 saturated carbocycles. The molecule has 0 unspecified atom stereocenters. The molecule has 3 nitrogen and oxygen atoms in total. The lowest BCUT2D eigenvalue weighted by Gasteiger charge is -2.03. The molecule has 0 spiro atoms. The Morgan fingerprint density at radius 3 is 2.83 bits per heavy atom. The van der Waals surface area contributed by atoms with Gasteiger partial charge in [-0.15, -0.1) is 11.3 Å². The van der Waals surface area contributed by atoms with Crippen LogP contribution in [0.3, 0.4) is 0 Å². The molecule has 0 saturated heterocycles. The lowest BCUT2D eigenvalue weighted by molar-refractivity contribution is -0.116. The Labute approximate surface area is 137 Å². The topological polar surface area (TPSA) is 42.0 Å². The number of aryl methyl sites for hydroxylation is 3. The highest BCUT2D eigenvalue weighted by Crippen LogP contribution is 2.29. The van der Waals surface area contributed by atoms with E-state index in [1.165, 1.54) is 23.8 Å². The van der Waals surface area contributed by atoms with Gasteiger partial charge in [-0.25, -0.2) is 13.8 Å². The third-order valence-corrected chi connectivity index (χ3v) is 5.04. The van der Waals surface area contributed by atoms with E-state index >= 15 is 0 Å². The first-order valence-electron chi connectivity index (χ1n) is 7.84. The second-order valence-electron chi connectivity index (χ2n) is 5.75. The number of carbonyl (C=O) groups is 1. The van der Waals surface area contributed by atoms with Crippen LogP contribution in [0, 0.1) is 11.6 Å². The lowest BCUT2D eigenvalue weighted by Crippen LogP contribution is -2.12. The predicted octanol–water partition coefficient (Wildman–Crippen LogP) is 4.26. The number of nitrogens with one attached hydrogen (secondary N) is 1. The predicted molar refractivity (Wildman–Crippen MR) is 86.7 cm³/mol. The van der Waals surface area contributed by atoms with Crippen LogP contribution < -0.4 is 5.32 Å². The number of halogens is 2. The minimum Gasteiger partial charge on any atom is -0.302 e. The van der Waals surface area contributed by atoms with Gasteiger partial charge in [0.2, 0.25) is 5.91 Å². The summed E-state index contributed by atoms with van der Waals surface area (Å²) in [5, 5.41) is 3.46. The molecule has 1 heterocycles. The second-order valence-corrected chi connectivity index (χ2v) is 6.83. The molecule has 0 bridgehead atoms. The van der Waals surface area contributed by atoms with Crippen molar-refractivity contribution in [2.45, 2.75) is 44.9 Å². The molecule has 1 aromatic carbocycles. The molecule has 0 radical (unpaired) electrons. The average molecular weight is 336 g/mol. The number of thiazole rings is 1. The van der Waals surface area contributed by atoms with Gasteiger partial charge < -0.3 is 5.32 Å². The highest BCUT2D eigenvalue weighted by molar-refractivity contribution is 7.15. The molecule has 1 aliphatic rings. The number of hydrogen-bond acceptors (Lipinski definition) is 3. The summed E-state index contributed by atoms with van der Waals surface area (Å²) in [7, 11) is 0. The molecule has 0 aliphatic heterocycles. The highest BCUT2D eigenvalue weighted by Gasteiger charge is 2.15. The van der Waals surface area contributed by atoms with Gasteiger partial charge in [0, 0.05) is 11.3 Å². The second kappa shape index (κ2) is 7.17. The molecular formula is C17H18F2N2OS. The molecule has 0 fully saturated rings. The van der Waals surface area contributed by atoms with E-state index in [4.69, 9.17) is 0 Å². The minimum absolute atomic E-state index is 0.154. The molecule has 0 atom stereocenters. The normalized spacial score (nSPS) is 14.2. The summed E-state index contributed by atoms with van der Waals surface area (Å²) in [6.07, 6.45) is 6.18. The van der Waals surface area contributed by atoms with E-state index in [0.717, 1.165) is 37.1 Å². The maximum atomic E-state index is 13.1. The van der Waals surface area contributed by atoms with E-state index in [-0.39, 0.29) is 12.3 Å². The molecule has 6 heteroatoms. The highest BCUT2D eigenvalue weighted by atomic mass is 32.1. The third kappa shape index (κ3) is 4.13. The third-order valence-electron chi connectivity index (χ3n) is 3.97. The van der Waals surface area contributed by atoms with Crippen LogP contribution in [0.15, 0.2) is 18.2 Å². The van der Waals surface area contributed by atoms with Crippen molar-refractivity contribution >= 4 is 22.4 Å². The maximum absolute atomic E-state index is 13.1. The van der Waals surface area contributed by atoms with Crippen LogP contribution in [-0.2, 0) is 24.1 Å². The van der Waals surface area contributed by atoms with Gasteiger partial charge >= 0.3 is 0 Å². The monoisotopic (exact) mass is 336 g/mol. The van der Waals surface area contributed by atoms with Gasteiger partial charge in [0.15, 0.2) is 16.8 Å². The van der Waals surface area contributed by atoms with E-state index in [1.807, 2.05) is 0 Å². The number of amides is 1. The van der Waals surface area contributed by atoms with Gasteiger partial charge in [-0.05, 0) is 49.8 Å². The first kappa shape index (κ1) is 16.1. The van der Waals surface area contributed by atoms with Crippen molar-refractivity contribution in [2.75, 3.05) is 5.32 Å². The Balaban J connectivity index is 1.56. The largest absolute Gasteiger partial charge is 0.302 e. The quantitative estimate of drug-likeness (QED) is 0.848. The van der Waals surface area contributed by atoms with Gasteiger partial charge in [-0.2, -0.15) is 0 Å². The summed E-state index contributed by atoms with van der Waals surface area (Å²) in [6.45, 7) is 0. The van der Waals surface area contributed by atoms with Gasteiger partial charge in [0.05, 0.1) is 5.69 Å². The van der Waals surface area contributed by atoms with Crippen LogP contribution in [0.1, 0.15) is 41.8 Å². The first-order valence-corrected chi connectivity index (χ1v) is 8.66. The van der Waals surface area contributed by atoms with Gasteiger partial charge in [0.1, 0.15) is 0 Å². The van der Waals surface area contributed by atoms with E-state index in [1.54, 1.807) is 11.3 Å². The summed E-state index contributed by atoms with van der Waals surface area (Å²) < 4.78 is 26.0. The summed E-state index contributed by atoms with van der Waals surface area (Å²) in [4.78, 5) is 17.8. The Morgan fingerprint density at radius 1 is 1.17 bits per heavy atom. The summed E-state index contributed by atoms with van der Waals surface area (Å²) in [6, 6.07) is 3.71. The standard InChI is InChI=1S/C17H18F2N2OS/c18-12-8-6-11(10-13(12)19)7-9-16(22)21-17-20-14-4-2-1-3-5-15(14)23-17/h6,8,10H,1-5,7,9H2,(H,20,21,22). The van der Waals surface area contributed by atoms with Crippen molar-refractivity contribution in [3.63, 3.8) is 0 Å². The Hall–Kier alpha value is -1.82. The molecule has 3 rings (SSSR count). The smallest absolute Gasteiger partial charge is 0.226 e. The number of hydrogen-bond donors (Lipinski definition) is 1. The number of nitrogens with zero attached hydrogens (tertiary/aromatic N) is 1. The molecule has 1 aromatic heterocycles. The van der Waals surface area contributed by atoms with Crippen LogP contribution >= 0.6 is 11.3 Å². The van der Waals surface area contributed by atoms with Crippen LogP contribution in [-0.4, -0.2) is 10.9 Å². The maximum Gasteiger partial charge on any atom is 0.226 e. The van der Waals surface area contributed by atoms with Crippen LogP contribution in [0.4, 0.5) is 13.9 Å². The fourth-order valence-corrected chi connectivity index (χ4v) is 3.78.